The van der Waals surface area contributed by atoms with Crippen molar-refractivity contribution in [1.29, 1.82) is 0 Å². The van der Waals surface area contributed by atoms with Gasteiger partial charge in [-0.25, -0.2) is 13.1 Å². The van der Waals surface area contributed by atoms with Gasteiger partial charge in [-0.2, -0.15) is 0 Å². The molecule has 0 radical (unpaired) electrons. The van der Waals surface area contributed by atoms with Crippen LogP contribution in [0, 0.1) is 5.92 Å². The molecule has 0 bridgehead atoms. The molecule has 0 spiro atoms. The Hall–Kier alpha value is -1.05. The zero-order chi connectivity index (χ0) is 17.6. The molecule has 1 rings (SSSR count). The summed E-state index contributed by atoms with van der Waals surface area (Å²) in [5.41, 5.74) is 0.530. The van der Waals surface area contributed by atoms with Gasteiger partial charge in [0, 0.05) is 16.9 Å². The van der Waals surface area contributed by atoms with Gasteiger partial charge in [0.1, 0.15) is 0 Å². The summed E-state index contributed by atoms with van der Waals surface area (Å²) in [6.45, 7) is 7.45. The second-order valence-corrected chi connectivity index (χ2v) is 8.38. The number of anilines is 1. The molecule has 7 heteroatoms. The van der Waals surface area contributed by atoms with E-state index in [1.807, 2.05) is 20.1 Å². The molecule has 130 valence electrons. The predicted octanol–water partition coefficient (Wildman–Crippen LogP) is 3.47. The van der Waals surface area contributed by atoms with E-state index in [1.165, 1.54) is 17.8 Å². The van der Waals surface area contributed by atoms with Gasteiger partial charge in [0.25, 0.3) is 0 Å². The zero-order valence-corrected chi connectivity index (χ0v) is 16.0. The Bertz CT molecular complexity index is 643. The molecule has 23 heavy (non-hydrogen) atoms. The van der Waals surface area contributed by atoms with Gasteiger partial charge in [-0.3, -0.25) is 4.79 Å². The Kier molecular flexibility index (Phi) is 7.57. The molecule has 1 amide bonds. The van der Waals surface area contributed by atoms with Crippen LogP contribution in [-0.4, -0.2) is 26.6 Å². The molecular formula is C16H26N2O3S2. The predicted molar refractivity (Wildman–Crippen MR) is 96.4 cm³/mol. The normalized spacial score (nSPS) is 13.1. The van der Waals surface area contributed by atoms with E-state index in [9.17, 15) is 13.2 Å². The molecule has 0 aliphatic rings. The standard InChI is InChI=1S/C16H26N2O3S2/c1-6-7-12(4)18-23(20,21)13-8-9-15(22-5)14(10-13)17-16(19)11(2)3/h8-12,18H,6-7H2,1-5H3,(H,17,19)/t12-/m1/s1. The topological polar surface area (TPSA) is 75.3 Å². The number of carbonyl (C=O) groups excluding carboxylic acids is 1. The Morgan fingerprint density at radius 3 is 2.43 bits per heavy atom. The maximum atomic E-state index is 12.5. The van der Waals surface area contributed by atoms with E-state index in [1.54, 1.807) is 26.0 Å². The maximum Gasteiger partial charge on any atom is 0.240 e. The van der Waals surface area contributed by atoms with Crippen LogP contribution in [0.5, 0.6) is 0 Å². The fourth-order valence-corrected chi connectivity index (χ4v) is 3.89. The molecule has 1 aromatic rings. The van der Waals surface area contributed by atoms with Crippen molar-refractivity contribution >= 4 is 33.4 Å². The Balaban J connectivity index is 3.11. The van der Waals surface area contributed by atoms with Crippen LogP contribution in [0.1, 0.15) is 40.5 Å². The SMILES string of the molecule is CCC[C@@H](C)NS(=O)(=O)c1ccc(SC)c(NC(=O)C(C)C)c1. The lowest BCUT2D eigenvalue weighted by molar-refractivity contribution is -0.118. The third-order valence-electron chi connectivity index (χ3n) is 3.34. The number of hydrogen-bond donors (Lipinski definition) is 2. The highest BCUT2D eigenvalue weighted by Gasteiger charge is 2.19. The van der Waals surface area contributed by atoms with Crippen LogP contribution >= 0.6 is 11.8 Å². The molecule has 1 atom stereocenters. The molecule has 0 saturated carbocycles. The second-order valence-electron chi connectivity index (χ2n) is 5.82. The number of thioether (sulfide) groups is 1. The molecule has 1 aromatic carbocycles. The van der Waals surface area contributed by atoms with Crippen molar-refractivity contribution < 1.29 is 13.2 Å². The van der Waals surface area contributed by atoms with Gasteiger partial charge in [0.15, 0.2) is 0 Å². The molecule has 0 aliphatic heterocycles. The number of rotatable bonds is 8. The molecule has 2 N–H and O–H groups in total. The molecule has 0 aliphatic carbocycles. The average molecular weight is 359 g/mol. The summed E-state index contributed by atoms with van der Waals surface area (Å²) in [7, 11) is -3.60. The van der Waals surface area contributed by atoms with Crippen LogP contribution in [0.25, 0.3) is 0 Å². The Morgan fingerprint density at radius 1 is 1.26 bits per heavy atom. The molecule has 0 unspecified atom stereocenters. The van der Waals surface area contributed by atoms with Crippen molar-refractivity contribution in [1.82, 2.24) is 4.72 Å². The van der Waals surface area contributed by atoms with E-state index >= 15 is 0 Å². The van der Waals surface area contributed by atoms with Gasteiger partial charge in [-0.15, -0.1) is 11.8 Å². The summed E-state index contributed by atoms with van der Waals surface area (Å²) in [4.78, 5) is 12.9. The van der Waals surface area contributed by atoms with Gasteiger partial charge in [0.2, 0.25) is 15.9 Å². The van der Waals surface area contributed by atoms with E-state index in [0.29, 0.717) is 5.69 Å². The number of hydrogen-bond acceptors (Lipinski definition) is 4. The lowest BCUT2D eigenvalue weighted by Gasteiger charge is -2.16. The molecule has 0 aromatic heterocycles. The third-order valence-corrected chi connectivity index (χ3v) is 5.72. The highest BCUT2D eigenvalue weighted by atomic mass is 32.2. The first-order valence-corrected chi connectivity index (χ1v) is 10.4. The van der Waals surface area contributed by atoms with Gasteiger partial charge in [0.05, 0.1) is 10.6 Å². The van der Waals surface area contributed by atoms with Crippen molar-refractivity contribution in [3.8, 4) is 0 Å². The number of carbonyl (C=O) groups is 1. The number of sulfonamides is 1. The van der Waals surface area contributed by atoms with Crippen molar-refractivity contribution in [3.63, 3.8) is 0 Å². The lowest BCUT2D eigenvalue weighted by Crippen LogP contribution is -2.32. The summed E-state index contributed by atoms with van der Waals surface area (Å²) >= 11 is 1.46. The smallest absolute Gasteiger partial charge is 0.240 e. The van der Waals surface area contributed by atoms with Gasteiger partial charge in [-0.05, 0) is 37.8 Å². The molecule has 0 fully saturated rings. The molecule has 0 heterocycles. The minimum atomic E-state index is -3.60. The summed E-state index contributed by atoms with van der Waals surface area (Å²) in [6, 6.07) is 4.68. The van der Waals surface area contributed by atoms with E-state index < -0.39 is 10.0 Å². The highest BCUT2D eigenvalue weighted by molar-refractivity contribution is 7.98. The zero-order valence-electron chi connectivity index (χ0n) is 14.3. The van der Waals surface area contributed by atoms with Gasteiger partial charge >= 0.3 is 0 Å². The molecule has 0 saturated heterocycles. The summed E-state index contributed by atoms with van der Waals surface area (Å²) < 4.78 is 27.6. The Labute approximate surface area is 143 Å². The van der Waals surface area contributed by atoms with Crippen LogP contribution in [0.15, 0.2) is 28.0 Å². The van der Waals surface area contributed by atoms with Crippen LogP contribution in [0.2, 0.25) is 0 Å². The summed E-state index contributed by atoms with van der Waals surface area (Å²) in [6.07, 6.45) is 3.57. The van der Waals surface area contributed by atoms with Gasteiger partial charge < -0.3 is 5.32 Å². The maximum absolute atomic E-state index is 12.5. The van der Waals surface area contributed by atoms with Crippen LogP contribution < -0.4 is 10.0 Å². The van der Waals surface area contributed by atoms with Crippen molar-refractivity contribution in [3.05, 3.63) is 18.2 Å². The summed E-state index contributed by atoms with van der Waals surface area (Å²) in [5.74, 6) is -0.310. The number of nitrogens with one attached hydrogen (secondary N) is 2. The highest BCUT2D eigenvalue weighted by Crippen LogP contribution is 2.28. The fraction of sp³-hybridized carbons (Fsp3) is 0.562. The second kappa shape index (κ2) is 8.70. The van der Waals surface area contributed by atoms with E-state index in [0.717, 1.165) is 17.7 Å². The molecule has 5 nitrogen and oxygen atoms in total. The third kappa shape index (κ3) is 5.82. The Morgan fingerprint density at radius 2 is 1.91 bits per heavy atom. The van der Waals surface area contributed by atoms with Gasteiger partial charge in [-0.1, -0.05) is 27.2 Å². The number of amides is 1. The van der Waals surface area contributed by atoms with E-state index in [4.69, 9.17) is 0 Å². The lowest BCUT2D eigenvalue weighted by atomic mass is 10.2. The largest absolute Gasteiger partial charge is 0.325 e. The first-order chi connectivity index (χ1) is 10.7. The minimum absolute atomic E-state index is 0.126. The van der Waals surface area contributed by atoms with Crippen LogP contribution in [-0.2, 0) is 14.8 Å². The van der Waals surface area contributed by atoms with E-state index in [-0.39, 0.29) is 22.8 Å². The van der Waals surface area contributed by atoms with E-state index in [2.05, 4.69) is 10.0 Å². The number of benzene rings is 1. The fourth-order valence-electron chi connectivity index (χ4n) is 2.05. The average Bonchev–Trinajstić information content (AvgIpc) is 2.46. The first-order valence-electron chi connectivity index (χ1n) is 7.72. The minimum Gasteiger partial charge on any atom is -0.325 e. The van der Waals surface area contributed by atoms with Crippen molar-refractivity contribution in [2.24, 2.45) is 5.92 Å². The van der Waals surface area contributed by atoms with Crippen molar-refractivity contribution in [2.75, 3.05) is 11.6 Å². The first kappa shape index (κ1) is 20.0. The van der Waals surface area contributed by atoms with Crippen molar-refractivity contribution in [2.45, 2.75) is 56.4 Å². The quantitative estimate of drug-likeness (QED) is 0.698. The summed E-state index contributed by atoms with van der Waals surface area (Å²) in [5, 5.41) is 2.80. The van der Waals surface area contributed by atoms with Crippen LogP contribution in [0.3, 0.4) is 0 Å². The monoisotopic (exact) mass is 358 g/mol. The molecular weight excluding hydrogens is 332 g/mol. The van der Waals surface area contributed by atoms with Crippen LogP contribution in [0.4, 0.5) is 5.69 Å².